The predicted molar refractivity (Wildman–Crippen MR) is 43.6 cm³/mol. The van der Waals surface area contributed by atoms with Crippen LogP contribution in [-0.4, -0.2) is 61.0 Å². The van der Waals surface area contributed by atoms with E-state index in [1.165, 1.54) is 0 Å². The molecule has 0 saturated carbocycles. The molecule has 2 unspecified atom stereocenters. The fraction of sp³-hybridized carbons (Fsp3) is 0.875. The zero-order chi connectivity index (χ0) is 9.26. The highest BCUT2D eigenvalue weighted by atomic mass is 16.5. The normalized spacial score (nSPS) is 35.4. The fourth-order valence-electron chi connectivity index (χ4n) is 1.73. The van der Waals surface area contributed by atoms with Gasteiger partial charge in [-0.05, 0) is 0 Å². The summed E-state index contributed by atoms with van der Waals surface area (Å²) >= 11 is 0. The Morgan fingerprint density at radius 1 is 1.46 bits per heavy atom. The SMILES string of the molecule is O=C(O)C1CN2CCOCC2CO1. The van der Waals surface area contributed by atoms with Crippen LogP contribution < -0.4 is 0 Å². The summed E-state index contributed by atoms with van der Waals surface area (Å²) < 4.78 is 10.5. The minimum Gasteiger partial charge on any atom is -0.479 e. The van der Waals surface area contributed by atoms with Crippen LogP contribution in [0.2, 0.25) is 0 Å². The van der Waals surface area contributed by atoms with Crippen molar-refractivity contribution in [3.05, 3.63) is 0 Å². The molecule has 0 spiro atoms. The zero-order valence-electron chi connectivity index (χ0n) is 7.31. The Bertz CT molecular complexity index is 208. The van der Waals surface area contributed by atoms with Crippen LogP contribution in [0.1, 0.15) is 0 Å². The minimum atomic E-state index is -0.870. The van der Waals surface area contributed by atoms with Crippen molar-refractivity contribution in [2.75, 3.05) is 32.9 Å². The van der Waals surface area contributed by atoms with E-state index >= 15 is 0 Å². The number of carboxylic acid groups (broad SMARTS) is 1. The number of carbonyl (C=O) groups is 1. The van der Waals surface area contributed by atoms with E-state index in [0.29, 0.717) is 26.4 Å². The summed E-state index contributed by atoms with van der Waals surface area (Å²) in [4.78, 5) is 12.8. The molecule has 0 aliphatic carbocycles. The summed E-state index contributed by atoms with van der Waals surface area (Å²) in [5.74, 6) is -0.870. The number of rotatable bonds is 1. The average Bonchev–Trinajstić information content (AvgIpc) is 2.17. The third kappa shape index (κ3) is 1.82. The summed E-state index contributed by atoms with van der Waals surface area (Å²) in [6.07, 6.45) is -0.658. The van der Waals surface area contributed by atoms with Gasteiger partial charge in [0.05, 0.1) is 25.9 Å². The van der Waals surface area contributed by atoms with Crippen LogP contribution >= 0.6 is 0 Å². The van der Waals surface area contributed by atoms with E-state index < -0.39 is 12.1 Å². The van der Waals surface area contributed by atoms with E-state index in [0.717, 1.165) is 6.54 Å². The first-order valence-electron chi connectivity index (χ1n) is 4.43. The minimum absolute atomic E-state index is 0.254. The summed E-state index contributed by atoms with van der Waals surface area (Å²) in [6, 6.07) is 0.254. The predicted octanol–water partition coefficient (Wildman–Crippen LogP) is -0.829. The Kier molecular flexibility index (Phi) is 2.48. The van der Waals surface area contributed by atoms with Crippen molar-refractivity contribution in [3.63, 3.8) is 0 Å². The van der Waals surface area contributed by atoms with Gasteiger partial charge in [0.1, 0.15) is 0 Å². The number of carboxylic acids is 1. The lowest BCUT2D eigenvalue weighted by Gasteiger charge is -2.40. The van der Waals surface area contributed by atoms with Gasteiger partial charge in [-0.3, -0.25) is 4.90 Å². The molecule has 5 heteroatoms. The maximum absolute atomic E-state index is 10.6. The second kappa shape index (κ2) is 3.61. The number of hydrogen-bond donors (Lipinski definition) is 1. The van der Waals surface area contributed by atoms with E-state index in [1.54, 1.807) is 0 Å². The first-order valence-corrected chi connectivity index (χ1v) is 4.43. The molecule has 0 radical (unpaired) electrons. The van der Waals surface area contributed by atoms with Gasteiger partial charge in [0.2, 0.25) is 0 Å². The lowest BCUT2D eigenvalue weighted by Crippen LogP contribution is -2.56. The molecule has 1 N–H and O–H groups in total. The van der Waals surface area contributed by atoms with Crippen LogP contribution in [0.3, 0.4) is 0 Å². The largest absolute Gasteiger partial charge is 0.479 e. The Labute approximate surface area is 76.2 Å². The highest BCUT2D eigenvalue weighted by Gasteiger charge is 2.34. The number of nitrogens with zero attached hydrogens (tertiary/aromatic N) is 1. The molecule has 0 amide bonds. The summed E-state index contributed by atoms with van der Waals surface area (Å²) in [5.41, 5.74) is 0. The molecule has 0 bridgehead atoms. The van der Waals surface area contributed by atoms with Crippen LogP contribution in [0.4, 0.5) is 0 Å². The summed E-state index contributed by atoms with van der Waals surface area (Å²) in [7, 11) is 0. The fourth-order valence-corrected chi connectivity index (χ4v) is 1.73. The van der Waals surface area contributed by atoms with E-state index in [2.05, 4.69) is 4.90 Å². The zero-order valence-corrected chi connectivity index (χ0v) is 7.31. The lowest BCUT2D eigenvalue weighted by atomic mass is 10.1. The van der Waals surface area contributed by atoms with Crippen LogP contribution in [-0.2, 0) is 14.3 Å². The highest BCUT2D eigenvalue weighted by Crippen LogP contribution is 2.15. The van der Waals surface area contributed by atoms with Gasteiger partial charge >= 0.3 is 5.97 Å². The number of aliphatic carboxylic acids is 1. The van der Waals surface area contributed by atoms with Crippen LogP contribution in [0, 0.1) is 0 Å². The average molecular weight is 187 g/mol. The number of hydrogen-bond acceptors (Lipinski definition) is 4. The van der Waals surface area contributed by atoms with Crippen molar-refractivity contribution in [1.82, 2.24) is 4.90 Å². The molecule has 2 fully saturated rings. The van der Waals surface area contributed by atoms with E-state index in [4.69, 9.17) is 14.6 Å². The molecular formula is C8H13NO4. The van der Waals surface area contributed by atoms with Crippen molar-refractivity contribution in [1.29, 1.82) is 0 Å². The van der Waals surface area contributed by atoms with Crippen molar-refractivity contribution in [3.8, 4) is 0 Å². The number of fused-ring (bicyclic) bond motifs is 1. The molecule has 2 rings (SSSR count). The van der Waals surface area contributed by atoms with Crippen molar-refractivity contribution < 1.29 is 19.4 Å². The molecule has 0 aromatic heterocycles. The second-order valence-corrected chi connectivity index (χ2v) is 3.38. The van der Waals surface area contributed by atoms with Gasteiger partial charge in [0.25, 0.3) is 0 Å². The molecule has 0 aromatic rings. The van der Waals surface area contributed by atoms with Crippen molar-refractivity contribution in [2.24, 2.45) is 0 Å². The lowest BCUT2D eigenvalue weighted by molar-refractivity contribution is -0.166. The first kappa shape index (κ1) is 8.93. The summed E-state index contributed by atoms with van der Waals surface area (Å²) in [6.45, 7) is 3.13. The van der Waals surface area contributed by atoms with Crippen LogP contribution in [0.5, 0.6) is 0 Å². The van der Waals surface area contributed by atoms with Crippen molar-refractivity contribution in [2.45, 2.75) is 12.1 Å². The molecule has 74 valence electrons. The molecule has 2 heterocycles. The molecule has 5 nitrogen and oxygen atoms in total. The topological polar surface area (TPSA) is 59.0 Å². The standard InChI is InChI=1S/C8H13NO4/c10-8(11)7-3-9-1-2-12-4-6(9)5-13-7/h6-7H,1-5H2,(H,10,11). The molecule has 2 atom stereocenters. The maximum atomic E-state index is 10.6. The van der Waals surface area contributed by atoms with E-state index in [9.17, 15) is 4.79 Å². The van der Waals surface area contributed by atoms with Gasteiger partial charge in [-0.25, -0.2) is 4.79 Å². The Balaban J connectivity index is 1.95. The molecule has 2 aliphatic rings. The monoisotopic (exact) mass is 187 g/mol. The molecular weight excluding hydrogens is 174 g/mol. The Morgan fingerprint density at radius 2 is 2.31 bits per heavy atom. The molecule has 2 saturated heterocycles. The molecule has 0 aromatic carbocycles. The third-order valence-electron chi connectivity index (χ3n) is 2.52. The highest BCUT2D eigenvalue weighted by molar-refractivity contribution is 5.72. The van der Waals surface area contributed by atoms with Crippen LogP contribution in [0.25, 0.3) is 0 Å². The molecule has 13 heavy (non-hydrogen) atoms. The van der Waals surface area contributed by atoms with E-state index in [-0.39, 0.29) is 6.04 Å². The number of morpholine rings is 2. The van der Waals surface area contributed by atoms with Gasteiger partial charge < -0.3 is 14.6 Å². The summed E-state index contributed by atoms with van der Waals surface area (Å²) in [5, 5.41) is 8.75. The van der Waals surface area contributed by atoms with Gasteiger partial charge in [-0.2, -0.15) is 0 Å². The van der Waals surface area contributed by atoms with Gasteiger partial charge in [0, 0.05) is 13.1 Å². The first-order chi connectivity index (χ1) is 6.27. The van der Waals surface area contributed by atoms with E-state index in [1.807, 2.05) is 0 Å². The second-order valence-electron chi connectivity index (χ2n) is 3.38. The van der Waals surface area contributed by atoms with Gasteiger partial charge in [-0.1, -0.05) is 0 Å². The van der Waals surface area contributed by atoms with Gasteiger partial charge in [0.15, 0.2) is 6.10 Å². The maximum Gasteiger partial charge on any atom is 0.334 e. The quantitative estimate of drug-likeness (QED) is 0.580. The Hall–Kier alpha value is -0.650. The number of ether oxygens (including phenoxy) is 2. The Morgan fingerprint density at radius 3 is 3.08 bits per heavy atom. The van der Waals surface area contributed by atoms with Gasteiger partial charge in [-0.15, -0.1) is 0 Å². The van der Waals surface area contributed by atoms with Crippen LogP contribution in [0.15, 0.2) is 0 Å². The molecule has 2 aliphatic heterocycles. The van der Waals surface area contributed by atoms with Crippen molar-refractivity contribution >= 4 is 5.97 Å². The smallest absolute Gasteiger partial charge is 0.334 e. The third-order valence-corrected chi connectivity index (χ3v) is 2.52.